The molecule has 0 aliphatic carbocycles. The summed E-state index contributed by atoms with van der Waals surface area (Å²) < 4.78 is 10.5. The molecule has 3 rings (SSSR count). The number of benzene rings is 3. The molecule has 0 heterocycles. The Balaban J connectivity index is 1.58. The van der Waals surface area contributed by atoms with Crippen LogP contribution in [0.15, 0.2) is 78.9 Å². The molecule has 31 heavy (non-hydrogen) atoms. The van der Waals surface area contributed by atoms with Gasteiger partial charge in [0.15, 0.2) is 6.61 Å². The highest BCUT2D eigenvalue weighted by atomic mass is 16.5. The third-order valence-electron chi connectivity index (χ3n) is 4.20. The third kappa shape index (κ3) is 6.17. The highest BCUT2D eigenvalue weighted by Crippen LogP contribution is 2.20. The van der Waals surface area contributed by atoms with Crippen LogP contribution in [-0.4, -0.2) is 31.0 Å². The van der Waals surface area contributed by atoms with Gasteiger partial charge < -0.3 is 20.1 Å². The molecular weight excluding hydrogens is 396 g/mol. The van der Waals surface area contributed by atoms with Crippen molar-refractivity contribution in [2.24, 2.45) is 0 Å². The molecule has 0 aliphatic heterocycles. The van der Waals surface area contributed by atoms with E-state index in [4.69, 9.17) is 9.47 Å². The zero-order valence-electron chi connectivity index (χ0n) is 17.0. The highest BCUT2D eigenvalue weighted by Gasteiger charge is 2.14. The number of para-hydroxylation sites is 2. The molecule has 0 saturated carbocycles. The molecule has 7 heteroatoms. The Kier molecular flexibility index (Phi) is 7.37. The normalized spacial score (nSPS) is 10.1. The fourth-order valence-corrected chi connectivity index (χ4v) is 2.74. The number of esters is 1. The van der Waals surface area contributed by atoms with Crippen molar-refractivity contribution in [3.8, 4) is 5.75 Å². The van der Waals surface area contributed by atoms with Gasteiger partial charge in [0.05, 0.1) is 17.7 Å². The van der Waals surface area contributed by atoms with Crippen molar-refractivity contribution in [3.05, 3.63) is 90.0 Å². The largest absolute Gasteiger partial charge is 0.483 e. The molecule has 0 aromatic heterocycles. The number of nitrogens with one attached hydrogen (secondary N) is 2. The maximum absolute atomic E-state index is 12.6. The summed E-state index contributed by atoms with van der Waals surface area (Å²) in [5.74, 6) is -0.864. The summed E-state index contributed by atoms with van der Waals surface area (Å²) in [6, 6.07) is 22.1. The van der Waals surface area contributed by atoms with Crippen LogP contribution >= 0.6 is 0 Å². The van der Waals surface area contributed by atoms with Crippen LogP contribution in [0.4, 0.5) is 11.4 Å². The predicted molar refractivity (Wildman–Crippen MR) is 117 cm³/mol. The quantitative estimate of drug-likeness (QED) is 0.537. The summed E-state index contributed by atoms with van der Waals surface area (Å²) in [4.78, 5) is 36.5. The SMILES string of the molecule is CCOC(=O)c1ccc(NC(=O)COc2ccccc2C(=O)Nc2ccccc2)cc1. The van der Waals surface area contributed by atoms with E-state index in [1.807, 2.05) is 18.2 Å². The van der Waals surface area contributed by atoms with Crippen molar-refractivity contribution in [1.29, 1.82) is 0 Å². The van der Waals surface area contributed by atoms with Crippen molar-refractivity contribution in [3.63, 3.8) is 0 Å². The van der Waals surface area contributed by atoms with Crippen molar-refractivity contribution in [1.82, 2.24) is 0 Å². The van der Waals surface area contributed by atoms with E-state index < -0.39 is 11.9 Å². The minimum absolute atomic E-state index is 0.282. The topological polar surface area (TPSA) is 93.7 Å². The lowest BCUT2D eigenvalue weighted by Gasteiger charge is -2.12. The van der Waals surface area contributed by atoms with Gasteiger partial charge in [0.1, 0.15) is 5.75 Å². The summed E-state index contributed by atoms with van der Waals surface area (Å²) in [5.41, 5.74) is 1.88. The molecule has 0 radical (unpaired) electrons. The van der Waals surface area contributed by atoms with Gasteiger partial charge in [0, 0.05) is 11.4 Å². The third-order valence-corrected chi connectivity index (χ3v) is 4.20. The molecule has 0 fully saturated rings. The number of carbonyl (C=O) groups excluding carboxylic acids is 3. The molecule has 158 valence electrons. The van der Waals surface area contributed by atoms with Gasteiger partial charge in [-0.3, -0.25) is 9.59 Å². The standard InChI is InChI=1S/C24H22N2O5/c1-2-30-24(29)17-12-14-19(15-13-17)25-22(27)16-31-21-11-7-6-10-20(21)23(28)26-18-8-4-3-5-9-18/h3-15H,2,16H2,1H3,(H,25,27)(H,26,28). The molecular formula is C24H22N2O5. The average Bonchev–Trinajstić information content (AvgIpc) is 2.79. The lowest BCUT2D eigenvalue weighted by Crippen LogP contribution is -2.21. The van der Waals surface area contributed by atoms with Crippen LogP contribution in [0.2, 0.25) is 0 Å². The first-order chi connectivity index (χ1) is 15.1. The van der Waals surface area contributed by atoms with Crippen LogP contribution in [0.1, 0.15) is 27.6 Å². The Morgan fingerprint density at radius 1 is 0.774 bits per heavy atom. The Hall–Kier alpha value is -4.13. The second-order valence-electron chi connectivity index (χ2n) is 6.45. The van der Waals surface area contributed by atoms with Gasteiger partial charge in [-0.25, -0.2) is 4.79 Å². The van der Waals surface area contributed by atoms with Crippen LogP contribution in [0.5, 0.6) is 5.75 Å². The summed E-state index contributed by atoms with van der Waals surface area (Å²) >= 11 is 0. The van der Waals surface area contributed by atoms with E-state index in [1.54, 1.807) is 67.6 Å². The van der Waals surface area contributed by atoms with E-state index >= 15 is 0 Å². The first-order valence-electron chi connectivity index (χ1n) is 9.72. The molecule has 0 unspecified atom stereocenters. The van der Waals surface area contributed by atoms with Crippen LogP contribution in [-0.2, 0) is 9.53 Å². The molecule has 3 aromatic carbocycles. The second-order valence-corrected chi connectivity index (χ2v) is 6.45. The summed E-state index contributed by atoms with van der Waals surface area (Å²) in [6.07, 6.45) is 0. The zero-order chi connectivity index (χ0) is 22.1. The fraction of sp³-hybridized carbons (Fsp3) is 0.125. The maximum atomic E-state index is 12.6. The van der Waals surface area contributed by atoms with Crippen molar-refractivity contribution >= 4 is 29.2 Å². The first kappa shape index (κ1) is 21.6. The van der Waals surface area contributed by atoms with Gasteiger partial charge in [-0.2, -0.15) is 0 Å². The summed E-state index contributed by atoms with van der Waals surface area (Å²) in [5, 5.41) is 5.47. The van der Waals surface area contributed by atoms with Gasteiger partial charge >= 0.3 is 5.97 Å². The van der Waals surface area contributed by atoms with Gasteiger partial charge in [0.2, 0.25) is 0 Å². The Morgan fingerprint density at radius 2 is 1.42 bits per heavy atom. The Bertz CT molecular complexity index is 1050. The maximum Gasteiger partial charge on any atom is 0.338 e. The van der Waals surface area contributed by atoms with Crippen LogP contribution < -0.4 is 15.4 Å². The van der Waals surface area contributed by atoms with Gasteiger partial charge in [-0.05, 0) is 55.5 Å². The Labute approximate surface area is 180 Å². The number of amides is 2. The van der Waals surface area contributed by atoms with E-state index in [9.17, 15) is 14.4 Å². The molecule has 0 bridgehead atoms. The predicted octanol–water partition coefficient (Wildman–Crippen LogP) is 4.13. The first-order valence-corrected chi connectivity index (χ1v) is 9.72. The molecule has 0 spiro atoms. The number of ether oxygens (including phenoxy) is 2. The van der Waals surface area contributed by atoms with Crippen LogP contribution in [0.3, 0.4) is 0 Å². The van der Waals surface area contributed by atoms with Crippen molar-refractivity contribution in [2.75, 3.05) is 23.8 Å². The summed E-state index contributed by atoms with van der Waals surface area (Å²) in [7, 11) is 0. The molecule has 0 saturated heterocycles. The minimum Gasteiger partial charge on any atom is -0.483 e. The monoisotopic (exact) mass is 418 g/mol. The molecule has 3 aromatic rings. The lowest BCUT2D eigenvalue weighted by molar-refractivity contribution is -0.118. The number of carbonyl (C=O) groups is 3. The molecule has 7 nitrogen and oxygen atoms in total. The molecule has 0 atom stereocenters. The van der Waals surface area contributed by atoms with Crippen molar-refractivity contribution in [2.45, 2.75) is 6.92 Å². The van der Waals surface area contributed by atoms with E-state index in [0.29, 0.717) is 34.9 Å². The Morgan fingerprint density at radius 3 is 2.13 bits per heavy atom. The molecule has 2 N–H and O–H groups in total. The number of rotatable bonds is 8. The van der Waals surface area contributed by atoms with Gasteiger partial charge in [0.25, 0.3) is 11.8 Å². The van der Waals surface area contributed by atoms with Gasteiger partial charge in [-0.15, -0.1) is 0 Å². The van der Waals surface area contributed by atoms with E-state index in [2.05, 4.69) is 10.6 Å². The van der Waals surface area contributed by atoms with E-state index in [-0.39, 0.29) is 12.5 Å². The average molecular weight is 418 g/mol. The highest BCUT2D eigenvalue weighted by molar-refractivity contribution is 6.06. The number of hydrogen-bond donors (Lipinski definition) is 2. The molecule has 2 amide bonds. The second kappa shape index (κ2) is 10.6. The minimum atomic E-state index is -0.422. The van der Waals surface area contributed by atoms with E-state index in [0.717, 1.165) is 0 Å². The van der Waals surface area contributed by atoms with Crippen LogP contribution in [0, 0.1) is 0 Å². The van der Waals surface area contributed by atoms with Crippen molar-refractivity contribution < 1.29 is 23.9 Å². The number of anilines is 2. The number of hydrogen-bond acceptors (Lipinski definition) is 5. The van der Waals surface area contributed by atoms with E-state index in [1.165, 1.54) is 0 Å². The molecule has 0 aliphatic rings. The smallest absolute Gasteiger partial charge is 0.338 e. The van der Waals surface area contributed by atoms with Crippen LogP contribution in [0.25, 0.3) is 0 Å². The summed E-state index contributed by atoms with van der Waals surface area (Å²) in [6.45, 7) is 1.74. The lowest BCUT2D eigenvalue weighted by atomic mass is 10.2. The zero-order valence-corrected chi connectivity index (χ0v) is 17.0. The van der Waals surface area contributed by atoms with Gasteiger partial charge in [-0.1, -0.05) is 30.3 Å². The fourth-order valence-electron chi connectivity index (χ4n) is 2.74.